The van der Waals surface area contributed by atoms with Crippen molar-refractivity contribution in [2.75, 3.05) is 7.05 Å². The second-order valence-corrected chi connectivity index (χ2v) is 2.04. The molecule has 1 aromatic rings. The van der Waals surface area contributed by atoms with Crippen LogP contribution in [0.2, 0.25) is 0 Å². The SMILES string of the molecule is C[N]C(=O)c1ccc(F)cc1. The molecule has 2 nitrogen and oxygen atoms in total. The summed E-state index contributed by atoms with van der Waals surface area (Å²) >= 11 is 0. The zero-order valence-electron chi connectivity index (χ0n) is 6.04. The number of nitrogens with zero attached hydrogens (tertiary/aromatic N) is 1. The molecule has 0 spiro atoms. The molecule has 0 aliphatic carbocycles. The lowest BCUT2D eigenvalue weighted by Crippen LogP contribution is -2.09. The fourth-order valence-corrected chi connectivity index (χ4v) is 0.722. The Morgan fingerprint density at radius 3 is 2.36 bits per heavy atom. The second-order valence-electron chi connectivity index (χ2n) is 2.04. The average molecular weight is 152 g/mol. The molecule has 1 radical (unpaired) electrons. The van der Waals surface area contributed by atoms with Crippen LogP contribution in [0, 0.1) is 5.82 Å². The Morgan fingerprint density at radius 2 is 1.91 bits per heavy atom. The van der Waals surface area contributed by atoms with Crippen LogP contribution in [-0.2, 0) is 0 Å². The third-order valence-corrected chi connectivity index (χ3v) is 1.29. The van der Waals surface area contributed by atoms with Crippen molar-refractivity contribution in [2.45, 2.75) is 0 Å². The van der Waals surface area contributed by atoms with Gasteiger partial charge in [0.15, 0.2) is 0 Å². The fraction of sp³-hybridized carbons (Fsp3) is 0.125. The summed E-state index contributed by atoms with van der Waals surface area (Å²) in [6.45, 7) is 0. The Morgan fingerprint density at radius 1 is 1.36 bits per heavy atom. The normalized spacial score (nSPS) is 9.27. The lowest BCUT2D eigenvalue weighted by molar-refractivity contribution is 0.0959. The van der Waals surface area contributed by atoms with E-state index in [1.54, 1.807) is 0 Å². The molecule has 0 fully saturated rings. The van der Waals surface area contributed by atoms with Gasteiger partial charge in [0, 0.05) is 12.6 Å². The second kappa shape index (κ2) is 3.14. The number of hydrogen-bond donors (Lipinski definition) is 0. The lowest BCUT2D eigenvalue weighted by atomic mass is 10.2. The Hall–Kier alpha value is -1.38. The number of halogens is 1. The zero-order chi connectivity index (χ0) is 8.27. The maximum atomic E-state index is 12.3. The molecule has 1 aromatic carbocycles. The van der Waals surface area contributed by atoms with Crippen LogP contribution in [0.1, 0.15) is 10.4 Å². The first-order valence-corrected chi connectivity index (χ1v) is 3.14. The molecule has 0 saturated carbocycles. The van der Waals surface area contributed by atoms with Crippen LogP contribution in [0.3, 0.4) is 0 Å². The summed E-state index contributed by atoms with van der Waals surface area (Å²) in [7, 11) is 1.41. The van der Waals surface area contributed by atoms with E-state index in [1.165, 1.54) is 31.3 Å². The molecular weight excluding hydrogens is 145 g/mol. The number of hydrogen-bond acceptors (Lipinski definition) is 1. The molecular formula is C8H7FNO. The van der Waals surface area contributed by atoms with Crippen molar-refractivity contribution in [1.82, 2.24) is 5.32 Å². The van der Waals surface area contributed by atoms with E-state index in [4.69, 9.17) is 0 Å². The van der Waals surface area contributed by atoms with Crippen LogP contribution in [-0.4, -0.2) is 13.0 Å². The highest BCUT2D eigenvalue weighted by molar-refractivity contribution is 5.93. The van der Waals surface area contributed by atoms with E-state index in [0.29, 0.717) is 5.56 Å². The maximum absolute atomic E-state index is 12.3. The topological polar surface area (TPSA) is 31.2 Å². The highest BCUT2D eigenvalue weighted by atomic mass is 19.1. The lowest BCUT2D eigenvalue weighted by Gasteiger charge is -1.95. The van der Waals surface area contributed by atoms with Crippen LogP contribution >= 0.6 is 0 Å². The van der Waals surface area contributed by atoms with Crippen molar-refractivity contribution < 1.29 is 9.18 Å². The van der Waals surface area contributed by atoms with Crippen molar-refractivity contribution >= 4 is 5.91 Å². The molecule has 0 saturated heterocycles. The Bertz CT molecular complexity index is 255. The molecule has 0 atom stereocenters. The number of rotatable bonds is 1. The molecule has 0 aliphatic rings. The molecule has 0 heterocycles. The summed E-state index contributed by atoms with van der Waals surface area (Å²) in [5.74, 6) is -0.678. The standard InChI is InChI=1S/C8H7FNO/c1-10-8(11)6-2-4-7(9)5-3-6/h2-5H,1H3. The van der Waals surface area contributed by atoms with E-state index in [1.807, 2.05) is 0 Å². The van der Waals surface area contributed by atoms with Gasteiger partial charge in [0.05, 0.1) is 0 Å². The largest absolute Gasteiger partial charge is 0.272 e. The monoisotopic (exact) mass is 152 g/mol. The minimum Gasteiger partial charge on any atom is -0.267 e. The maximum Gasteiger partial charge on any atom is 0.272 e. The van der Waals surface area contributed by atoms with Gasteiger partial charge in [0.25, 0.3) is 5.91 Å². The van der Waals surface area contributed by atoms with Crippen LogP contribution in [0.15, 0.2) is 24.3 Å². The molecule has 0 aromatic heterocycles. The summed E-state index contributed by atoms with van der Waals surface area (Å²) in [6.07, 6.45) is 0. The zero-order valence-corrected chi connectivity index (χ0v) is 6.04. The van der Waals surface area contributed by atoms with Gasteiger partial charge in [-0.05, 0) is 24.3 Å². The van der Waals surface area contributed by atoms with Gasteiger partial charge < -0.3 is 0 Å². The molecule has 3 heteroatoms. The highest BCUT2D eigenvalue weighted by Crippen LogP contribution is 2.01. The van der Waals surface area contributed by atoms with Crippen molar-refractivity contribution in [2.24, 2.45) is 0 Å². The van der Waals surface area contributed by atoms with Gasteiger partial charge in [0.2, 0.25) is 0 Å². The fourth-order valence-electron chi connectivity index (χ4n) is 0.722. The van der Waals surface area contributed by atoms with Gasteiger partial charge in [-0.15, -0.1) is 0 Å². The minimum atomic E-state index is -0.349. The van der Waals surface area contributed by atoms with Gasteiger partial charge in [-0.2, -0.15) is 0 Å². The van der Waals surface area contributed by atoms with Crippen LogP contribution < -0.4 is 5.32 Å². The molecule has 0 aliphatic heterocycles. The van der Waals surface area contributed by atoms with Crippen molar-refractivity contribution in [3.63, 3.8) is 0 Å². The van der Waals surface area contributed by atoms with Crippen LogP contribution in [0.4, 0.5) is 4.39 Å². The van der Waals surface area contributed by atoms with E-state index in [-0.39, 0.29) is 11.7 Å². The smallest absolute Gasteiger partial charge is 0.267 e. The van der Waals surface area contributed by atoms with Crippen molar-refractivity contribution in [1.29, 1.82) is 0 Å². The predicted molar refractivity (Wildman–Crippen MR) is 38.8 cm³/mol. The Labute approximate surface area is 64.0 Å². The van der Waals surface area contributed by atoms with Gasteiger partial charge >= 0.3 is 0 Å². The summed E-state index contributed by atoms with van der Waals surface area (Å²) in [5, 5.41) is 3.43. The first-order valence-electron chi connectivity index (χ1n) is 3.14. The Kier molecular flexibility index (Phi) is 2.21. The van der Waals surface area contributed by atoms with Crippen molar-refractivity contribution in [3.8, 4) is 0 Å². The quantitative estimate of drug-likeness (QED) is 0.594. The number of carbonyl (C=O) groups excluding carboxylic acids is 1. The predicted octanol–water partition coefficient (Wildman–Crippen LogP) is 1.20. The molecule has 0 bridgehead atoms. The summed E-state index contributed by atoms with van der Waals surface area (Å²) in [4.78, 5) is 10.8. The summed E-state index contributed by atoms with van der Waals surface area (Å²) in [6, 6.07) is 5.28. The average Bonchev–Trinajstić information content (AvgIpc) is 2.05. The van der Waals surface area contributed by atoms with Crippen molar-refractivity contribution in [3.05, 3.63) is 35.6 Å². The van der Waals surface area contributed by atoms with Gasteiger partial charge in [-0.1, -0.05) is 0 Å². The number of benzene rings is 1. The summed E-state index contributed by atoms with van der Waals surface area (Å²) < 4.78 is 12.3. The van der Waals surface area contributed by atoms with Gasteiger partial charge in [-0.25, -0.2) is 4.39 Å². The highest BCUT2D eigenvalue weighted by Gasteiger charge is 2.02. The van der Waals surface area contributed by atoms with E-state index < -0.39 is 0 Å². The minimum absolute atomic E-state index is 0.329. The van der Waals surface area contributed by atoms with Crippen LogP contribution in [0.25, 0.3) is 0 Å². The van der Waals surface area contributed by atoms with Gasteiger partial charge in [-0.3, -0.25) is 10.1 Å². The third kappa shape index (κ3) is 1.77. The third-order valence-electron chi connectivity index (χ3n) is 1.29. The molecule has 57 valence electrons. The van der Waals surface area contributed by atoms with E-state index in [0.717, 1.165) is 0 Å². The Balaban J connectivity index is 2.90. The molecule has 0 N–H and O–H groups in total. The van der Waals surface area contributed by atoms with E-state index in [9.17, 15) is 9.18 Å². The van der Waals surface area contributed by atoms with Gasteiger partial charge in [0.1, 0.15) is 5.82 Å². The van der Waals surface area contributed by atoms with E-state index in [2.05, 4.69) is 5.32 Å². The summed E-state index contributed by atoms with van der Waals surface area (Å²) in [5.41, 5.74) is 0.411. The van der Waals surface area contributed by atoms with E-state index >= 15 is 0 Å². The van der Waals surface area contributed by atoms with Crippen LogP contribution in [0.5, 0.6) is 0 Å². The first-order chi connectivity index (χ1) is 5.24. The number of amides is 1. The first kappa shape index (κ1) is 7.72. The molecule has 1 amide bonds. The number of carbonyl (C=O) groups is 1. The molecule has 11 heavy (non-hydrogen) atoms. The molecule has 1 rings (SSSR count). The molecule has 0 unspecified atom stereocenters.